The molecule has 6 nitrogen and oxygen atoms in total. The van der Waals surface area contributed by atoms with Crippen LogP contribution in [0.3, 0.4) is 0 Å². The van der Waals surface area contributed by atoms with E-state index in [2.05, 4.69) is 10.3 Å². The molecular weight excluding hydrogens is 314 g/mol. The fraction of sp³-hybridized carbons (Fsp3) is 0.385. The standard InChI is InChI=1S/C13H14F2N4O2S/c14-11-2-1-3-12(15)13(11)22(20,21)18-7-4-10(5-8-18)19-9-6-16-17-19/h1-3,6,9-10H,4-5,7-8H2. The zero-order chi connectivity index (χ0) is 15.7. The maximum Gasteiger partial charge on any atom is 0.248 e. The van der Waals surface area contributed by atoms with Crippen molar-refractivity contribution in [3.63, 3.8) is 0 Å². The summed E-state index contributed by atoms with van der Waals surface area (Å²) < 4.78 is 55.1. The number of piperidine rings is 1. The molecule has 2 aromatic rings. The van der Waals surface area contributed by atoms with Crippen LogP contribution in [0.4, 0.5) is 8.78 Å². The van der Waals surface area contributed by atoms with E-state index < -0.39 is 26.6 Å². The number of rotatable bonds is 3. The third-order valence-electron chi connectivity index (χ3n) is 3.76. The van der Waals surface area contributed by atoms with Gasteiger partial charge in [0, 0.05) is 19.3 Å². The molecule has 0 unspecified atom stereocenters. The highest BCUT2D eigenvalue weighted by Crippen LogP contribution is 2.28. The Morgan fingerprint density at radius 3 is 2.32 bits per heavy atom. The molecule has 1 saturated heterocycles. The highest BCUT2D eigenvalue weighted by molar-refractivity contribution is 7.89. The van der Waals surface area contributed by atoms with E-state index in [1.807, 2.05) is 0 Å². The summed E-state index contributed by atoms with van der Waals surface area (Å²) in [5.41, 5.74) is 0. The molecule has 118 valence electrons. The van der Waals surface area contributed by atoms with Gasteiger partial charge in [-0.1, -0.05) is 11.3 Å². The lowest BCUT2D eigenvalue weighted by atomic mass is 10.1. The normalized spacial score (nSPS) is 17.7. The molecule has 0 radical (unpaired) electrons. The van der Waals surface area contributed by atoms with Gasteiger partial charge >= 0.3 is 0 Å². The Morgan fingerprint density at radius 1 is 1.14 bits per heavy atom. The summed E-state index contributed by atoms with van der Waals surface area (Å²) in [6.07, 6.45) is 4.29. The summed E-state index contributed by atoms with van der Waals surface area (Å²) in [7, 11) is -4.18. The molecule has 1 aromatic heterocycles. The molecule has 22 heavy (non-hydrogen) atoms. The number of hydrogen-bond donors (Lipinski definition) is 0. The van der Waals surface area contributed by atoms with E-state index in [1.54, 1.807) is 17.1 Å². The quantitative estimate of drug-likeness (QED) is 0.858. The Balaban J connectivity index is 1.81. The van der Waals surface area contributed by atoms with Gasteiger partial charge in [-0.25, -0.2) is 21.9 Å². The first-order valence-corrected chi connectivity index (χ1v) is 8.24. The second kappa shape index (κ2) is 5.73. The molecule has 0 atom stereocenters. The lowest BCUT2D eigenvalue weighted by Gasteiger charge is -2.31. The maximum absolute atomic E-state index is 13.7. The van der Waals surface area contributed by atoms with Crippen LogP contribution < -0.4 is 0 Å². The highest BCUT2D eigenvalue weighted by Gasteiger charge is 2.34. The molecule has 0 saturated carbocycles. The van der Waals surface area contributed by atoms with Gasteiger partial charge in [0.05, 0.1) is 12.2 Å². The Bertz CT molecular complexity index is 736. The first kappa shape index (κ1) is 15.0. The lowest BCUT2D eigenvalue weighted by Crippen LogP contribution is -2.39. The molecule has 1 aliphatic rings. The van der Waals surface area contributed by atoms with Gasteiger partial charge < -0.3 is 0 Å². The summed E-state index contributed by atoms with van der Waals surface area (Å²) in [4.78, 5) is -0.880. The SMILES string of the molecule is O=S(=O)(c1c(F)cccc1F)N1CCC(n2ccnn2)CC1. The van der Waals surface area contributed by atoms with Gasteiger partial charge in [0.15, 0.2) is 4.90 Å². The summed E-state index contributed by atoms with van der Waals surface area (Å²) in [5.74, 6) is -2.14. The fourth-order valence-electron chi connectivity index (χ4n) is 2.62. The Labute approximate surface area is 126 Å². The second-order valence-electron chi connectivity index (χ2n) is 5.07. The molecule has 0 N–H and O–H groups in total. The predicted octanol–water partition coefficient (Wildman–Crippen LogP) is 1.58. The molecule has 1 aliphatic heterocycles. The third kappa shape index (κ3) is 2.61. The van der Waals surface area contributed by atoms with Gasteiger partial charge in [0.2, 0.25) is 10.0 Å². The van der Waals surface area contributed by atoms with Gasteiger partial charge in [-0.15, -0.1) is 5.10 Å². The second-order valence-corrected chi connectivity index (χ2v) is 6.94. The molecule has 0 bridgehead atoms. The van der Waals surface area contributed by atoms with E-state index in [0.29, 0.717) is 12.8 Å². The van der Waals surface area contributed by atoms with Crippen LogP contribution in [0.2, 0.25) is 0 Å². The third-order valence-corrected chi connectivity index (χ3v) is 5.71. The minimum Gasteiger partial charge on any atom is -0.249 e. The summed E-state index contributed by atoms with van der Waals surface area (Å²) >= 11 is 0. The van der Waals surface area contributed by atoms with Crippen LogP contribution in [0.15, 0.2) is 35.5 Å². The lowest BCUT2D eigenvalue weighted by molar-refractivity contribution is 0.257. The summed E-state index contributed by atoms with van der Waals surface area (Å²) in [6.45, 7) is 0.362. The average Bonchev–Trinajstić information content (AvgIpc) is 3.01. The number of hydrogen-bond acceptors (Lipinski definition) is 4. The van der Waals surface area contributed by atoms with Crippen LogP contribution in [-0.4, -0.2) is 40.8 Å². The van der Waals surface area contributed by atoms with Gasteiger partial charge in [-0.2, -0.15) is 4.31 Å². The number of aromatic nitrogens is 3. The van der Waals surface area contributed by atoms with Crippen molar-refractivity contribution in [2.24, 2.45) is 0 Å². The average molecular weight is 328 g/mol. The van der Waals surface area contributed by atoms with Crippen molar-refractivity contribution in [3.8, 4) is 0 Å². The van der Waals surface area contributed by atoms with Crippen LogP contribution in [0.1, 0.15) is 18.9 Å². The molecule has 0 spiro atoms. The van der Waals surface area contributed by atoms with Crippen molar-refractivity contribution < 1.29 is 17.2 Å². The van der Waals surface area contributed by atoms with E-state index in [0.717, 1.165) is 22.5 Å². The van der Waals surface area contributed by atoms with Crippen molar-refractivity contribution in [2.45, 2.75) is 23.8 Å². The summed E-state index contributed by atoms with van der Waals surface area (Å²) in [6, 6.07) is 3.07. The minimum atomic E-state index is -4.18. The molecule has 3 rings (SSSR count). The van der Waals surface area contributed by atoms with Crippen LogP contribution in [0.5, 0.6) is 0 Å². The predicted molar refractivity (Wildman–Crippen MR) is 73.4 cm³/mol. The number of nitrogens with zero attached hydrogens (tertiary/aromatic N) is 4. The van der Waals surface area contributed by atoms with Crippen LogP contribution >= 0.6 is 0 Å². The van der Waals surface area contributed by atoms with Gasteiger partial charge in [-0.05, 0) is 25.0 Å². The van der Waals surface area contributed by atoms with Crippen molar-refractivity contribution in [1.82, 2.24) is 19.3 Å². The van der Waals surface area contributed by atoms with Crippen LogP contribution in [0, 0.1) is 11.6 Å². The molecular formula is C13H14F2N4O2S. The fourth-order valence-corrected chi connectivity index (χ4v) is 4.20. The van der Waals surface area contributed by atoms with Crippen LogP contribution in [0.25, 0.3) is 0 Å². The highest BCUT2D eigenvalue weighted by atomic mass is 32.2. The molecule has 0 aliphatic carbocycles. The van der Waals surface area contributed by atoms with Gasteiger partial charge in [-0.3, -0.25) is 0 Å². The minimum absolute atomic E-state index is 0.0411. The molecule has 9 heteroatoms. The van der Waals surface area contributed by atoms with E-state index in [4.69, 9.17) is 0 Å². The van der Waals surface area contributed by atoms with E-state index in [9.17, 15) is 17.2 Å². The van der Waals surface area contributed by atoms with Crippen LogP contribution in [-0.2, 0) is 10.0 Å². The zero-order valence-corrected chi connectivity index (χ0v) is 12.4. The Hall–Kier alpha value is -1.87. The first-order valence-electron chi connectivity index (χ1n) is 6.80. The first-order chi connectivity index (χ1) is 10.5. The van der Waals surface area contributed by atoms with Crippen molar-refractivity contribution in [2.75, 3.05) is 13.1 Å². The zero-order valence-electron chi connectivity index (χ0n) is 11.6. The Kier molecular flexibility index (Phi) is 3.92. The molecule has 1 fully saturated rings. The van der Waals surface area contributed by atoms with E-state index in [1.165, 1.54) is 0 Å². The largest absolute Gasteiger partial charge is 0.249 e. The monoisotopic (exact) mass is 328 g/mol. The van der Waals surface area contributed by atoms with Gasteiger partial charge in [0.1, 0.15) is 11.6 Å². The summed E-state index contributed by atoms with van der Waals surface area (Å²) in [5, 5.41) is 7.61. The van der Waals surface area contributed by atoms with Crippen molar-refractivity contribution in [1.29, 1.82) is 0 Å². The van der Waals surface area contributed by atoms with Crippen molar-refractivity contribution >= 4 is 10.0 Å². The maximum atomic E-state index is 13.7. The van der Waals surface area contributed by atoms with E-state index >= 15 is 0 Å². The number of halogens is 2. The smallest absolute Gasteiger partial charge is 0.248 e. The number of sulfonamides is 1. The Morgan fingerprint density at radius 2 is 1.77 bits per heavy atom. The van der Waals surface area contributed by atoms with E-state index in [-0.39, 0.29) is 19.1 Å². The van der Waals surface area contributed by atoms with Gasteiger partial charge in [0.25, 0.3) is 0 Å². The topological polar surface area (TPSA) is 68.1 Å². The molecule has 2 heterocycles. The van der Waals surface area contributed by atoms with Crippen molar-refractivity contribution in [3.05, 3.63) is 42.2 Å². The molecule has 0 amide bonds. The molecule has 1 aromatic carbocycles. The number of benzene rings is 1.